The Morgan fingerprint density at radius 1 is 0.557 bits per heavy atom. The predicted octanol–water partition coefficient (Wildman–Crippen LogP) is 8.59. The van der Waals surface area contributed by atoms with Crippen LogP contribution in [0.15, 0.2) is 12.2 Å². The molecule has 13 nitrogen and oxygen atoms in total. The molecule has 8 unspecified atom stereocenters. The van der Waals surface area contributed by atoms with E-state index < -0.39 is 75.2 Å². The summed E-state index contributed by atoms with van der Waals surface area (Å²) in [7, 11) is -5.12. The number of phosphoric ester groups is 1. The van der Waals surface area contributed by atoms with Crippen LogP contribution in [-0.2, 0) is 18.4 Å². The van der Waals surface area contributed by atoms with Gasteiger partial charge in [-0.3, -0.25) is 13.8 Å². The zero-order valence-electron chi connectivity index (χ0n) is 38.3. The summed E-state index contributed by atoms with van der Waals surface area (Å²) in [6.07, 6.45) is 25.4. The molecule has 1 amide bonds. The number of aliphatic hydroxyl groups is 7. The Morgan fingerprint density at radius 3 is 1.36 bits per heavy atom. The second kappa shape index (κ2) is 37.3. The van der Waals surface area contributed by atoms with E-state index in [2.05, 4.69) is 31.3 Å². The van der Waals surface area contributed by atoms with Gasteiger partial charge in [-0.1, -0.05) is 187 Å². The van der Waals surface area contributed by atoms with Gasteiger partial charge >= 0.3 is 7.82 Å². The summed E-state index contributed by atoms with van der Waals surface area (Å²) >= 11 is 0. The SMILES string of the molecule is CCCCCC/C=C\CCCCCCCC(O)CC(=O)NC(COP(=O)(O)OC1C(O)C(O)C(O)C(O)C1O)C(O)CCCCCCCCCCCCCCCCCCCC. The number of phosphoric acid groups is 1. The van der Waals surface area contributed by atoms with Crippen LogP contribution in [0.5, 0.6) is 0 Å². The molecule has 1 aliphatic carbocycles. The predicted molar refractivity (Wildman–Crippen MR) is 243 cm³/mol. The highest BCUT2D eigenvalue weighted by molar-refractivity contribution is 7.47. The Balaban J connectivity index is 2.49. The number of hydrogen-bond acceptors (Lipinski definition) is 11. The maximum Gasteiger partial charge on any atom is 0.472 e. The number of rotatable bonds is 41. The first-order chi connectivity index (χ1) is 29.3. The smallest absolute Gasteiger partial charge is 0.393 e. The van der Waals surface area contributed by atoms with Gasteiger partial charge in [-0.2, -0.15) is 0 Å². The molecule has 1 saturated carbocycles. The first-order valence-electron chi connectivity index (χ1n) is 24.7. The van der Waals surface area contributed by atoms with Crippen molar-refractivity contribution in [3.63, 3.8) is 0 Å². The van der Waals surface area contributed by atoms with Crippen molar-refractivity contribution in [1.82, 2.24) is 5.32 Å². The molecule has 9 N–H and O–H groups in total. The number of nitrogens with one attached hydrogen (secondary N) is 1. The fourth-order valence-electron chi connectivity index (χ4n) is 8.06. The van der Waals surface area contributed by atoms with Gasteiger partial charge in [0.05, 0.1) is 31.3 Å². The van der Waals surface area contributed by atoms with E-state index in [0.717, 1.165) is 70.6 Å². The minimum absolute atomic E-state index is 0.225. The van der Waals surface area contributed by atoms with E-state index >= 15 is 0 Å². The third kappa shape index (κ3) is 29.2. The number of carbonyl (C=O) groups is 1. The van der Waals surface area contributed by atoms with E-state index in [-0.39, 0.29) is 12.8 Å². The Bertz CT molecular complexity index is 1100. The summed E-state index contributed by atoms with van der Waals surface area (Å²) in [5.74, 6) is -0.563. The molecule has 61 heavy (non-hydrogen) atoms. The molecule has 1 fully saturated rings. The van der Waals surface area contributed by atoms with Crippen LogP contribution < -0.4 is 5.32 Å². The first kappa shape index (κ1) is 58.1. The van der Waals surface area contributed by atoms with Crippen LogP contribution in [0, 0.1) is 0 Å². The van der Waals surface area contributed by atoms with E-state index in [9.17, 15) is 50.0 Å². The molecule has 0 aliphatic heterocycles. The van der Waals surface area contributed by atoms with Gasteiger partial charge in [0, 0.05) is 0 Å². The van der Waals surface area contributed by atoms with Gasteiger partial charge in [-0.25, -0.2) is 4.57 Å². The average Bonchev–Trinajstić information content (AvgIpc) is 3.23. The summed E-state index contributed by atoms with van der Waals surface area (Å²) in [5, 5.41) is 74.7. The van der Waals surface area contributed by atoms with Crippen molar-refractivity contribution in [2.75, 3.05) is 6.61 Å². The molecule has 8 atom stereocenters. The maximum absolute atomic E-state index is 13.0. The lowest BCUT2D eigenvalue weighted by Crippen LogP contribution is -2.64. The van der Waals surface area contributed by atoms with Crippen LogP contribution in [0.4, 0.5) is 0 Å². The molecule has 362 valence electrons. The minimum atomic E-state index is -5.12. The van der Waals surface area contributed by atoms with Gasteiger partial charge < -0.3 is 46.0 Å². The number of aliphatic hydroxyl groups excluding tert-OH is 7. The van der Waals surface area contributed by atoms with Crippen molar-refractivity contribution in [2.24, 2.45) is 0 Å². The molecule has 0 heterocycles. The average molecular weight is 894 g/mol. The molecular weight excluding hydrogens is 801 g/mol. The quantitative estimate of drug-likeness (QED) is 0.0160. The van der Waals surface area contributed by atoms with Crippen LogP contribution in [0.1, 0.15) is 219 Å². The van der Waals surface area contributed by atoms with Crippen molar-refractivity contribution < 1.29 is 59.0 Å². The first-order valence-corrected chi connectivity index (χ1v) is 26.2. The molecule has 0 bridgehead atoms. The molecule has 0 aromatic heterocycles. The monoisotopic (exact) mass is 894 g/mol. The second-order valence-corrected chi connectivity index (χ2v) is 19.3. The second-order valence-electron chi connectivity index (χ2n) is 17.9. The Morgan fingerprint density at radius 2 is 0.918 bits per heavy atom. The Hall–Kier alpha value is -0.960. The Labute approximate surface area is 370 Å². The summed E-state index contributed by atoms with van der Waals surface area (Å²) in [4.78, 5) is 23.5. The highest BCUT2D eigenvalue weighted by Crippen LogP contribution is 2.47. The van der Waals surface area contributed by atoms with E-state index in [1.54, 1.807) is 0 Å². The third-order valence-corrected chi connectivity index (χ3v) is 13.1. The van der Waals surface area contributed by atoms with Crippen LogP contribution in [-0.4, -0.2) is 108 Å². The van der Waals surface area contributed by atoms with Gasteiger partial charge in [0.2, 0.25) is 5.91 Å². The van der Waals surface area contributed by atoms with E-state index in [4.69, 9.17) is 9.05 Å². The molecule has 0 aromatic rings. The normalized spacial score (nSPS) is 23.2. The molecule has 0 saturated heterocycles. The summed E-state index contributed by atoms with van der Waals surface area (Å²) < 4.78 is 23.0. The third-order valence-electron chi connectivity index (χ3n) is 12.1. The van der Waals surface area contributed by atoms with Crippen LogP contribution in [0.25, 0.3) is 0 Å². The topological polar surface area (TPSA) is 226 Å². The van der Waals surface area contributed by atoms with E-state index in [1.807, 2.05) is 0 Å². The van der Waals surface area contributed by atoms with Crippen LogP contribution in [0.3, 0.4) is 0 Å². The largest absolute Gasteiger partial charge is 0.472 e. The van der Waals surface area contributed by atoms with Gasteiger partial charge in [0.1, 0.15) is 36.6 Å². The fourth-order valence-corrected chi connectivity index (χ4v) is 9.03. The number of unbranched alkanes of at least 4 members (excludes halogenated alkanes) is 26. The van der Waals surface area contributed by atoms with Crippen molar-refractivity contribution >= 4 is 13.7 Å². The highest BCUT2D eigenvalue weighted by Gasteiger charge is 2.51. The van der Waals surface area contributed by atoms with Gasteiger partial charge in [-0.05, 0) is 38.5 Å². The standard InChI is InChI=1S/C47H92NO12P/c1-3-5-7-9-11-13-15-17-18-19-20-21-23-25-27-29-31-33-35-40(50)39(37-59-61(57,58)60-47-45(55)43(53)42(52)44(54)46(47)56)48-41(51)36-38(49)34-32-30-28-26-24-22-16-14-12-10-8-6-4-2/h14,16,38-40,42-47,49-50,52-56H,3-13,15,17-37H2,1-2H3,(H,48,51)(H,57,58)/b16-14-. The zero-order valence-corrected chi connectivity index (χ0v) is 39.2. The van der Waals surface area contributed by atoms with Gasteiger partial charge in [-0.15, -0.1) is 0 Å². The van der Waals surface area contributed by atoms with Gasteiger partial charge in [0.25, 0.3) is 0 Å². The summed E-state index contributed by atoms with van der Waals surface area (Å²) in [6, 6.07) is -1.15. The molecule has 0 aromatic carbocycles. The minimum Gasteiger partial charge on any atom is -0.393 e. The molecule has 1 rings (SSSR count). The van der Waals surface area contributed by atoms with Crippen molar-refractivity contribution in [2.45, 2.75) is 274 Å². The van der Waals surface area contributed by atoms with Crippen molar-refractivity contribution in [3.05, 3.63) is 12.2 Å². The van der Waals surface area contributed by atoms with Crippen molar-refractivity contribution in [3.8, 4) is 0 Å². The van der Waals surface area contributed by atoms with Crippen molar-refractivity contribution in [1.29, 1.82) is 0 Å². The van der Waals surface area contributed by atoms with Gasteiger partial charge in [0.15, 0.2) is 0 Å². The lowest BCUT2D eigenvalue weighted by Gasteiger charge is -2.41. The van der Waals surface area contributed by atoms with E-state index in [1.165, 1.54) is 109 Å². The number of allylic oxidation sites excluding steroid dienone is 2. The maximum atomic E-state index is 13.0. The fraction of sp³-hybridized carbons (Fsp3) is 0.936. The number of amides is 1. The van der Waals surface area contributed by atoms with Crippen LogP contribution >= 0.6 is 7.82 Å². The highest BCUT2D eigenvalue weighted by atomic mass is 31.2. The molecule has 0 radical (unpaired) electrons. The summed E-state index contributed by atoms with van der Waals surface area (Å²) in [6.45, 7) is 3.79. The molecule has 0 spiro atoms. The number of hydrogen-bond donors (Lipinski definition) is 9. The zero-order chi connectivity index (χ0) is 45.1. The number of carbonyl (C=O) groups excluding carboxylic acids is 1. The molecule has 1 aliphatic rings. The lowest BCUT2D eigenvalue weighted by atomic mass is 9.85. The summed E-state index contributed by atoms with van der Waals surface area (Å²) in [5.41, 5.74) is 0. The van der Waals surface area contributed by atoms with Crippen LogP contribution in [0.2, 0.25) is 0 Å². The Kier molecular flexibility index (Phi) is 35.5. The molecule has 14 heteroatoms. The molecular formula is C47H92NO12P. The van der Waals surface area contributed by atoms with E-state index in [0.29, 0.717) is 12.8 Å². The lowest BCUT2D eigenvalue weighted by molar-refractivity contribution is -0.220.